The van der Waals surface area contributed by atoms with Gasteiger partial charge in [-0.2, -0.15) is 13.2 Å². The van der Waals surface area contributed by atoms with Crippen LogP contribution in [0.1, 0.15) is 38.2 Å². The van der Waals surface area contributed by atoms with Gasteiger partial charge in [0.05, 0.1) is 10.6 Å². The molecule has 7 nitrogen and oxygen atoms in total. The smallest absolute Gasteiger partial charge is 0.352 e. The van der Waals surface area contributed by atoms with Gasteiger partial charge in [-0.05, 0) is 62.2 Å². The summed E-state index contributed by atoms with van der Waals surface area (Å²) < 4.78 is 66.2. The highest BCUT2D eigenvalue weighted by atomic mass is 35.5. The van der Waals surface area contributed by atoms with Crippen molar-refractivity contribution < 1.29 is 36.2 Å². The number of alkyl halides is 3. The Morgan fingerprint density at radius 3 is 2.32 bits per heavy atom. The second-order valence-corrected chi connectivity index (χ2v) is 10.7. The lowest BCUT2D eigenvalue weighted by molar-refractivity contribution is -0.137. The summed E-state index contributed by atoms with van der Waals surface area (Å²) in [5.41, 5.74) is -1.20. The summed E-state index contributed by atoms with van der Waals surface area (Å²) in [4.78, 5) is 39.2. The highest BCUT2D eigenvalue weighted by Crippen LogP contribution is 2.37. The quantitative estimate of drug-likeness (QED) is 0.425. The fourth-order valence-corrected chi connectivity index (χ4v) is 5.21. The van der Waals surface area contributed by atoms with Crippen molar-refractivity contribution >= 4 is 51.5 Å². The molecular formula is C25H26ClF4N3O4S. The van der Waals surface area contributed by atoms with E-state index in [0.29, 0.717) is 6.07 Å². The van der Waals surface area contributed by atoms with E-state index in [-0.39, 0.29) is 17.4 Å². The maximum Gasteiger partial charge on any atom is 0.417 e. The molecule has 38 heavy (non-hydrogen) atoms. The van der Waals surface area contributed by atoms with Crippen molar-refractivity contribution in [2.75, 3.05) is 21.7 Å². The summed E-state index contributed by atoms with van der Waals surface area (Å²) in [6, 6.07) is 6.27. The van der Waals surface area contributed by atoms with Crippen LogP contribution in [-0.2, 0) is 31.4 Å². The van der Waals surface area contributed by atoms with Crippen molar-refractivity contribution in [1.29, 1.82) is 0 Å². The lowest BCUT2D eigenvalue weighted by Crippen LogP contribution is -2.51. The summed E-state index contributed by atoms with van der Waals surface area (Å²) in [5.74, 6) is -4.06. The second-order valence-electron chi connectivity index (χ2n) is 8.88. The highest BCUT2D eigenvalue weighted by molar-refractivity contribution is 7.86. The first-order valence-electron chi connectivity index (χ1n) is 11.7. The van der Waals surface area contributed by atoms with Crippen LogP contribution in [0.15, 0.2) is 42.5 Å². The van der Waals surface area contributed by atoms with Crippen LogP contribution in [0.25, 0.3) is 0 Å². The van der Waals surface area contributed by atoms with E-state index in [2.05, 4.69) is 10.6 Å². The summed E-state index contributed by atoms with van der Waals surface area (Å²) in [6.07, 6.45) is -1.48. The van der Waals surface area contributed by atoms with E-state index in [1.54, 1.807) is 0 Å². The number of halogens is 5. The van der Waals surface area contributed by atoms with Crippen LogP contribution in [0.5, 0.6) is 0 Å². The minimum Gasteiger partial charge on any atom is -0.352 e. The molecule has 2 aromatic carbocycles. The summed E-state index contributed by atoms with van der Waals surface area (Å²) >= 11 is 5.72. The molecule has 0 heterocycles. The van der Waals surface area contributed by atoms with Gasteiger partial charge in [0, 0.05) is 28.2 Å². The summed E-state index contributed by atoms with van der Waals surface area (Å²) in [5, 5.41) is 4.64. The highest BCUT2D eigenvalue weighted by Gasteiger charge is 2.36. The molecule has 13 heteroatoms. The zero-order chi connectivity index (χ0) is 28.0. The average Bonchev–Trinajstić information content (AvgIpc) is 3.33. The maximum absolute atomic E-state index is 13.5. The molecule has 0 unspecified atom stereocenters. The number of hydrogen-bond donors (Lipinski definition) is 2. The molecule has 1 aliphatic carbocycles. The Hall–Kier alpha value is -2.99. The Morgan fingerprint density at radius 2 is 1.71 bits per heavy atom. The van der Waals surface area contributed by atoms with Crippen LogP contribution >= 0.6 is 11.6 Å². The van der Waals surface area contributed by atoms with Gasteiger partial charge >= 0.3 is 6.18 Å². The van der Waals surface area contributed by atoms with Gasteiger partial charge < -0.3 is 10.6 Å². The topological polar surface area (TPSA) is 95.6 Å². The Morgan fingerprint density at radius 1 is 1.08 bits per heavy atom. The fourth-order valence-electron chi connectivity index (χ4n) is 4.11. The fraction of sp³-hybridized carbons (Fsp3) is 0.400. The predicted octanol–water partition coefficient (Wildman–Crippen LogP) is 4.67. The van der Waals surface area contributed by atoms with Crippen molar-refractivity contribution in [3.8, 4) is 0 Å². The van der Waals surface area contributed by atoms with Gasteiger partial charge in [-0.25, -0.2) is 4.39 Å². The predicted molar refractivity (Wildman–Crippen MR) is 137 cm³/mol. The lowest BCUT2D eigenvalue weighted by Gasteiger charge is -2.30. The largest absolute Gasteiger partial charge is 0.417 e. The summed E-state index contributed by atoms with van der Waals surface area (Å²) in [7, 11) is -2.07. The first-order valence-corrected chi connectivity index (χ1v) is 13.6. The van der Waals surface area contributed by atoms with Crippen LogP contribution in [0.2, 0.25) is 5.02 Å². The van der Waals surface area contributed by atoms with Crippen molar-refractivity contribution in [1.82, 2.24) is 5.32 Å². The molecule has 0 saturated heterocycles. The molecule has 2 aromatic rings. The summed E-state index contributed by atoms with van der Waals surface area (Å²) in [6.45, 7) is 1.36. The van der Waals surface area contributed by atoms with Gasteiger partial charge in [0.25, 0.3) is 0 Å². The minimum absolute atomic E-state index is 0.109. The molecule has 2 N–H and O–H groups in total. The third-order valence-electron chi connectivity index (χ3n) is 5.98. The van der Waals surface area contributed by atoms with Crippen LogP contribution in [0.3, 0.4) is 0 Å². The van der Waals surface area contributed by atoms with Crippen molar-refractivity contribution in [3.63, 3.8) is 0 Å². The number of nitrogens with one attached hydrogen (secondary N) is 2. The number of benzene rings is 2. The number of hydrogen-bond acceptors (Lipinski definition) is 4. The number of anilines is 2. The maximum atomic E-state index is 13.5. The number of carbonyl (C=O) groups excluding carboxylic acids is 3. The molecule has 0 radical (unpaired) electrons. The van der Waals surface area contributed by atoms with Crippen LogP contribution < -0.4 is 15.5 Å². The van der Waals surface area contributed by atoms with Crippen LogP contribution in [0, 0.1) is 5.82 Å². The van der Waals surface area contributed by atoms with Gasteiger partial charge in [0.2, 0.25) is 17.7 Å². The van der Waals surface area contributed by atoms with Gasteiger partial charge in [0.15, 0.2) is 0 Å². The van der Waals surface area contributed by atoms with Gasteiger partial charge in [-0.15, -0.1) is 0 Å². The molecule has 0 aliphatic heterocycles. The lowest BCUT2D eigenvalue weighted by atomic mass is 10.1. The molecule has 0 spiro atoms. The molecule has 0 bridgehead atoms. The third kappa shape index (κ3) is 8.00. The normalized spacial score (nSPS) is 15.5. The van der Waals surface area contributed by atoms with Crippen molar-refractivity contribution in [2.24, 2.45) is 0 Å². The van der Waals surface area contributed by atoms with Crippen LogP contribution in [-0.4, -0.2) is 45.5 Å². The van der Waals surface area contributed by atoms with E-state index in [9.17, 15) is 36.2 Å². The van der Waals surface area contributed by atoms with E-state index in [1.165, 1.54) is 25.1 Å². The monoisotopic (exact) mass is 575 g/mol. The molecule has 2 atom stereocenters. The molecule has 1 saturated carbocycles. The van der Waals surface area contributed by atoms with E-state index in [1.807, 2.05) is 0 Å². The van der Waals surface area contributed by atoms with E-state index in [0.717, 1.165) is 48.8 Å². The zero-order valence-electron chi connectivity index (χ0n) is 20.3. The Balaban J connectivity index is 1.79. The molecule has 1 fully saturated rings. The number of amides is 3. The average molecular weight is 576 g/mol. The number of nitrogens with zero attached hydrogens (tertiary/aromatic N) is 1. The molecule has 206 valence electrons. The molecule has 0 aromatic heterocycles. The van der Waals surface area contributed by atoms with Gasteiger partial charge in [-0.3, -0.25) is 23.5 Å². The second kappa shape index (κ2) is 12.7. The number of carbonyl (C=O) groups is 3. The van der Waals surface area contributed by atoms with E-state index < -0.39 is 68.6 Å². The van der Waals surface area contributed by atoms with Crippen LogP contribution in [0.4, 0.5) is 28.9 Å². The van der Waals surface area contributed by atoms with E-state index in [4.69, 9.17) is 11.6 Å². The molecule has 3 rings (SSSR count). The first-order chi connectivity index (χ1) is 17.8. The Kier molecular flexibility index (Phi) is 9.88. The van der Waals surface area contributed by atoms with Crippen molar-refractivity contribution in [3.05, 3.63) is 58.9 Å². The standard InChI is InChI=1S/C25H26ClF4N3O4S/c1-15(24(36)32-17-4-2-3-5-17)33(19-10-11-21(26)20(12-19)25(28,29)30)23(35)14-38(37)13-22(34)31-18-8-6-16(27)7-9-18/h6-12,15,17H,2-5,13-14H2,1H3,(H,31,34)(H,32,36)/t15-,38+/m1/s1. The SMILES string of the molecule is C[C@H](C(=O)NC1CCCC1)N(C(=O)C[S@@](=O)CC(=O)Nc1ccc(F)cc1)c1ccc(Cl)c(C(F)(F)F)c1. The Bertz CT molecular complexity index is 1200. The first kappa shape index (κ1) is 29.6. The Labute approximate surface area is 224 Å². The third-order valence-corrected chi connectivity index (χ3v) is 7.46. The molecular weight excluding hydrogens is 550 g/mol. The zero-order valence-corrected chi connectivity index (χ0v) is 21.9. The molecule has 3 amide bonds. The van der Waals surface area contributed by atoms with Gasteiger partial charge in [0.1, 0.15) is 23.4 Å². The van der Waals surface area contributed by atoms with E-state index >= 15 is 0 Å². The molecule has 1 aliphatic rings. The minimum atomic E-state index is -4.82. The van der Waals surface area contributed by atoms with Gasteiger partial charge in [-0.1, -0.05) is 24.4 Å². The number of rotatable bonds is 9. The van der Waals surface area contributed by atoms with Crippen molar-refractivity contribution in [2.45, 2.75) is 50.9 Å².